The molecular formula is C26H22N2O2. The predicted molar refractivity (Wildman–Crippen MR) is 123 cm³/mol. The molecule has 1 heterocycles. The monoisotopic (exact) mass is 394 g/mol. The van der Waals surface area contributed by atoms with E-state index >= 15 is 0 Å². The molecule has 30 heavy (non-hydrogen) atoms. The molecule has 1 aromatic heterocycles. The largest absolute Gasteiger partial charge is 0.497 e. The number of ether oxygens (including phenoxy) is 1. The van der Waals surface area contributed by atoms with Crippen molar-refractivity contribution in [2.75, 3.05) is 12.4 Å². The Hall–Kier alpha value is -3.92. The molecule has 0 fully saturated rings. The summed E-state index contributed by atoms with van der Waals surface area (Å²) in [6.45, 7) is 5.96. The van der Waals surface area contributed by atoms with Crippen LogP contribution >= 0.6 is 0 Å². The zero-order chi connectivity index (χ0) is 21.1. The number of hydrogen-bond donors (Lipinski definition) is 1. The van der Waals surface area contributed by atoms with E-state index in [4.69, 9.17) is 4.74 Å². The van der Waals surface area contributed by atoms with Gasteiger partial charge in [-0.15, -0.1) is 0 Å². The fourth-order valence-corrected chi connectivity index (χ4v) is 3.41. The second-order valence-corrected chi connectivity index (χ2v) is 7.10. The van der Waals surface area contributed by atoms with E-state index in [1.165, 1.54) is 11.1 Å². The number of nitrogens with zero attached hydrogens (tertiary/aromatic N) is 1. The van der Waals surface area contributed by atoms with E-state index in [-0.39, 0.29) is 5.91 Å². The first-order valence-electron chi connectivity index (χ1n) is 9.66. The van der Waals surface area contributed by atoms with Crippen LogP contribution in [-0.2, 0) is 0 Å². The van der Waals surface area contributed by atoms with Crippen molar-refractivity contribution in [3.8, 4) is 16.9 Å². The fraction of sp³-hybridized carbons (Fsp3) is 0.0769. The molecule has 0 bridgehead atoms. The van der Waals surface area contributed by atoms with E-state index in [0.717, 1.165) is 21.9 Å². The van der Waals surface area contributed by atoms with Crippen LogP contribution in [0.25, 0.3) is 28.0 Å². The van der Waals surface area contributed by atoms with Gasteiger partial charge in [-0.2, -0.15) is 0 Å². The lowest BCUT2D eigenvalue weighted by molar-refractivity contribution is 0.102. The SMILES string of the molecule is C=Cc1ccc(C)c(-c2ccc3cc(NC(=O)c4cccc(OC)c4)ncc3c2)c1. The number of aryl methyl sites for hydroxylation is 1. The summed E-state index contributed by atoms with van der Waals surface area (Å²) in [7, 11) is 1.57. The molecule has 4 aromatic rings. The Labute approximate surface area is 175 Å². The summed E-state index contributed by atoms with van der Waals surface area (Å²) in [6, 6.07) is 21.5. The highest BCUT2D eigenvalue weighted by molar-refractivity contribution is 6.04. The highest BCUT2D eigenvalue weighted by Gasteiger charge is 2.09. The number of hydrogen-bond acceptors (Lipinski definition) is 3. The summed E-state index contributed by atoms with van der Waals surface area (Å²) in [6.07, 6.45) is 3.63. The fourth-order valence-electron chi connectivity index (χ4n) is 3.41. The Kier molecular flexibility index (Phi) is 5.31. The zero-order valence-corrected chi connectivity index (χ0v) is 17.0. The van der Waals surface area contributed by atoms with Gasteiger partial charge in [0.05, 0.1) is 7.11 Å². The van der Waals surface area contributed by atoms with Gasteiger partial charge in [0.1, 0.15) is 11.6 Å². The lowest BCUT2D eigenvalue weighted by atomic mass is 9.96. The Morgan fingerprint density at radius 3 is 2.70 bits per heavy atom. The lowest BCUT2D eigenvalue weighted by Gasteiger charge is -2.10. The molecule has 4 nitrogen and oxygen atoms in total. The summed E-state index contributed by atoms with van der Waals surface area (Å²) >= 11 is 0. The summed E-state index contributed by atoms with van der Waals surface area (Å²) in [5.41, 5.74) is 5.10. The summed E-state index contributed by atoms with van der Waals surface area (Å²) < 4.78 is 5.18. The van der Waals surface area contributed by atoms with Gasteiger partial charge in [0.2, 0.25) is 0 Å². The van der Waals surface area contributed by atoms with Crippen LogP contribution in [0.1, 0.15) is 21.5 Å². The molecule has 0 aliphatic heterocycles. The zero-order valence-electron chi connectivity index (χ0n) is 17.0. The number of pyridine rings is 1. The van der Waals surface area contributed by atoms with Crippen LogP contribution in [0.4, 0.5) is 5.82 Å². The molecule has 0 radical (unpaired) electrons. The normalized spacial score (nSPS) is 10.6. The van der Waals surface area contributed by atoms with Crippen LogP contribution in [0.15, 0.2) is 79.5 Å². The predicted octanol–water partition coefficient (Wildman–Crippen LogP) is 6.11. The quantitative estimate of drug-likeness (QED) is 0.444. The molecule has 0 atom stereocenters. The molecule has 4 rings (SSSR count). The number of methoxy groups -OCH3 is 1. The van der Waals surface area contributed by atoms with E-state index in [1.54, 1.807) is 37.6 Å². The third-order valence-corrected chi connectivity index (χ3v) is 5.10. The highest BCUT2D eigenvalue weighted by atomic mass is 16.5. The molecule has 0 saturated heterocycles. The number of anilines is 1. The van der Waals surface area contributed by atoms with Crippen molar-refractivity contribution in [2.45, 2.75) is 6.92 Å². The average Bonchev–Trinajstić information content (AvgIpc) is 2.79. The number of benzene rings is 3. The van der Waals surface area contributed by atoms with Gasteiger partial charge in [-0.25, -0.2) is 4.98 Å². The van der Waals surface area contributed by atoms with E-state index in [1.807, 2.05) is 18.2 Å². The number of aromatic nitrogens is 1. The van der Waals surface area contributed by atoms with Crippen molar-refractivity contribution >= 4 is 28.6 Å². The minimum Gasteiger partial charge on any atom is -0.497 e. The molecule has 3 aromatic carbocycles. The Morgan fingerprint density at radius 2 is 1.90 bits per heavy atom. The number of fused-ring (bicyclic) bond motifs is 1. The number of amides is 1. The first kappa shape index (κ1) is 19.4. The first-order chi connectivity index (χ1) is 14.6. The minimum absolute atomic E-state index is 0.228. The Bertz CT molecular complexity index is 1260. The van der Waals surface area contributed by atoms with Gasteiger partial charge in [0.15, 0.2) is 0 Å². The van der Waals surface area contributed by atoms with Gasteiger partial charge in [0.25, 0.3) is 5.91 Å². The molecule has 0 saturated carbocycles. The third kappa shape index (κ3) is 3.94. The van der Waals surface area contributed by atoms with Gasteiger partial charge in [0, 0.05) is 17.1 Å². The van der Waals surface area contributed by atoms with Crippen LogP contribution in [-0.4, -0.2) is 18.0 Å². The van der Waals surface area contributed by atoms with Crippen molar-refractivity contribution < 1.29 is 9.53 Å². The van der Waals surface area contributed by atoms with Crippen LogP contribution < -0.4 is 10.1 Å². The van der Waals surface area contributed by atoms with Crippen LogP contribution in [0, 0.1) is 6.92 Å². The molecule has 0 aliphatic carbocycles. The average molecular weight is 394 g/mol. The van der Waals surface area contributed by atoms with Crippen molar-refractivity contribution in [1.82, 2.24) is 4.98 Å². The van der Waals surface area contributed by atoms with Crippen molar-refractivity contribution in [2.24, 2.45) is 0 Å². The molecule has 0 aliphatic rings. The lowest BCUT2D eigenvalue weighted by Crippen LogP contribution is -2.12. The number of nitrogens with one attached hydrogen (secondary N) is 1. The number of carbonyl (C=O) groups is 1. The topological polar surface area (TPSA) is 51.2 Å². The van der Waals surface area contributed by atoms with E-state index in [2.05, 4.69) is 54.1 Å². The van der Waals surface area contributed by atoms with Crippen LogP contribution in [0.2, 0.25) is 0 Å². The first-order valence-corrected chi connectivity index (χ1v) is 9.66. The van der Waals surface area contributed by atoms with E-state index in [9.17, 15) is 4.79 Å². The summed E-state index contributed by atoms with van der Waals surface area (Å²) in [5.74, 6) is 0.916. The third-order valence-electron chi connectivity index (χ3n) is 5.10. The Morgan fingerprint density at radius 1 is 1.03 bits per heavy atom. The van der Waals surface area contributed by atoms with Gasteiger partial charge < -0.3 is 10.1 Å². The summed E-state index contributed by atoms with van der Waals surface area (Å²) in [4.78, 5) is 17.0. The Balaban J connectivity index is 1.62. The van der Waals surface area contributed by atoms with Crippen molar-refractivity contribution in [3.05, 3.63) is 96.2 Å². The van der Waals surface area contributed by atoms with E-state index < -0.39 is 0 Å². The molecular weight excluding hydrogens is 372 g/mol. The molecule has 0 unspecified atom stereocenters. The standard InChI is InChI=1S/C26H22N2O2/c1-4-18-9-8-17(2)24(12-18)20-11-10-19-15-25(27-16-22(19)13-20)28-26(29)21-6-5-7-23(14-21)30-3/h4-16H,1H2,2-3H3,(H,27,28,29). The van der Waals surface area contributed by atoms with Gasteiger partial charge >= 0.3 is 0 Å². The van der Waals surface area contributed by atoms with Crippen LogP contribution in [0.3, 0.4) is 0 Å². The number of carbonyl (C=O) groups excluding carboxylic acids is 1. The smallest absolute Gasteiger partial charge is 0.256 e. The minimum atomic E-state index is -0.228. The molecule has 1 N–H and O–H groups in total. The second-order valence-electron chi connectivity index (χ2n) is 7.10. The maximum atomic E-state index is 12.5. The maximum absolute atomic E-state index is 12.5. The second kappa shape index (κ2) is 8.21. The van der Waals surface area contributed by atoms with Gasteiger partial charge in [-0.05, 0) is 71.0 Å². The molecule has 1 amide bonds. The number of rotatable bonds is 5. The van der Waals surface area contributed by atoms with Crippen LogP contribution in [0.5, 0.6) is 5.75 Å². The van der Waals surface area contributed by atoms with Crippen molar-refractivity contribution in [1.29, 1.82) is 0 Å². The molecule has 0 spiro atoms. The van der Waals surface area contributed by atoms with Gasteiger partial charge in [-0.1, -0.05) is 43.0 Å². The summed E-state index contributed by atoms with van der Waals surface area (Å²) in [5, 5.41) is 4.87. The van der Waals surface area contributed by atoms with E-state index in [0.29, 0.717) is 17.1 Å². The molecule has 148 valence electrons. The van der Waals surface area contributed by atoms with Gasteiger partial charge in [-0.3, -0.25) is 4.79 Å². The highest BCUT2D eigenvalue weighted by Crippen LogP contribution is 2.29. The molecule has 4 heteroatoms. The maximum Gasteiger partial charge on any atom is 0.256 e. The van der Waals surface area contributed by atoms with Crippen molar-refractivity contribution in [3.63, 3.8) is 0 Å².